The minimum absolute atomic E-state index is 0.0933. The molecule has 92 heavy (non-hydrogen) atoms. The molecular formula is C54H78N2O36. The van der Waals surface area contributed by atoms with E-state index in [0.717, 1.165) is 5.56 Å². The second kappa shape index (κ2) is 30.4. The van der Waals surface area contributed by atoms with Gasteiger partial charge in [-0.3, -0.25) is 9.97 Å². The highest BCUT2D eigenvalue weighted by Gasteiger charge is 2.60. The first-order valence-electron chi connectivity index (χ1n) is 29.4. The van der Waals surface area contributed by atoms with Gasteiger partial charge < -0.3 is 173 Å². The lowest BCUT2D eigenvalue weighted by atomic mass is 9.95. The summed E-state index contributed by atoms with van der Waals surface area (Å²) in [7, 11) is 0. The molecule has 0 spiro atoms. The summed E-state index contributed by atoms with van der Waals surface area (Å²) in [6.45, 7) is -5.61. The number of aliphatic hydroxyl groups excluding tert-OH is 20. The molecule has 2 unspecified atom stereocenters. The zero-order valence-electron chi connectivity index (χ0n) is 48.5. The van der Waals surface area contributed by atoms with Crippen molar-refractivity contribution in [1.82, 2.24) is 9.97 Å². The molecule has 0 amide bonds. The quantitative estimate of drug-likeness (QED) is 0.0982. The van der Waals surface area contributed by atoms with E-state index < -0.39 is 267 Å². The van der Waals surface area contributed by atoms with Gasteiger partial charge in [0.25, 0.3) is 0 Å². The van der Waals surface area contributed by atoms with Gasteiger partial charge in [-0.25, -0.2) is 4.79 Å². The van der Waals surface area contributed by atoms with Crippen molar-refractivity contribution in [3.05, 3.63) is 47.8 Å². The molecule has 20 N–H and O–H groups in total. The van der Waals surface area contributed by atoms with Crippen molar-refractivity contribution < 1.29 is 178 Å². The zero-order valence-corrected chi connectivity index (χ0v) is 48.5. The molecule has 0 radical (unpaired) electrons. The Morgan fingerprint density at radius 1 is 0.337 bits per heavy atom. The lowest BCUT2D eigenvalue weighted by Gasteiger charge is -2.50. The average molecular weight is 1330 g/mol. The van der Waals surface area contributed by atoms with Crippen molar-refractivity contribution in [3.8, 4) is 11.4 Å². The molecule has 2 aromatic rings. The Hall–Kier alpha value is -3.59. The summed E-state index contributed by atoms with van der Waals surface area (Å²) in [5.41, 5.74) is 1.35. The summed E-state index contributed by atoms with van der Waals surface area (Å²) in [4.78, 5) is 22.4. The van der Waals surface area contributed by atoms with Gasteiger partial charge in [-0.2, -0.15) is 0 Å². The molecule has 23 heterocycles. The van der Waals surface area contributed by atoms with E-state index in [9.17, 15) is 107 Å². The number of carbonyl (C=O) groups is 1. The third-order valence-electron chi connectivity index (χ3n) is 17.2. The van der Waals surface area contributed by atoms with Gasteiger partial charge in [-0.05, 0) is 36.8 Å². The van der Waals surface area contributed by atoms with Gasteiger partial charge in [0.2, 0.25) is 0 Å². The van der Waals surface area contributed by atoms with Crippen LogP contribution in [0.1, 0.15) is 15.9 Å². The van der Waals surface area contributed by atoms with Gasteiger partial charge in [0, 0.05) is 12.4 Å². The summed E-state index contributed by atoms with van der Waals surface area (Å²) >= 11 is 0. The van der Waals surface area contributed by atoms with Crippen LogP contribution in [0.25, 0.3) is 11.4 Å². The Bertz CT molecular complexity index is 2680. The molecule has 0 aromatic carbocycles. The van der Waals surface area contributed by atoms with Crippen LogP contribution in [0, 0.1) is 6.92 Å². The minimum Gasteiger partial charge on any atom is -0.459 e. The summed E-state index contributed by atoms with van der Waals surface area (Å²) in [5.74, 6) is -1.05. The molecular weight excluding hydrogens is 1250 g/mol. The fraction of sp³-hybridized carbons (Fsp3) is 0.796. The van der Waals surface area contributed by atoms with Crippen LogP contribution in [0.15, 0.2) is 36.7 Å². The molecule has 0 aliphatic carbocycles. The molecule has 23 rings (SSSR count). The molecule has 21 fully saturated rings. The maximum atomic E-state index is 13.8. The molecule has 38 nitrogen and oxygen atoms in total. The topological polar surface area (TPSA) is 586 Å². The van der Waals surface area contributed by atoms with Crippen LogP contribution in [0.3, 0.4) is 0 Å². The Labute approximate surface area is 520 Å². The van der Waals surface area contributed by atoms with Crippen LogP contribution in [-0.2, 0) is 71.1 Å². The van der Waals surface area contributed by atoms with Crippen molar-refractivity contribution in [2.75, 3.05) is 46.2 Å². The first-order valence-corrected chi connectivity index (χ1v) is 29.4. The Kier molecular flexibility index (Phi) is 23.6. The second-order valence-corrected chi connectivity index (χ2v) is 23.2. The smallest absolute Gasteiger partial charge is 0.338 e. The van der Waals surface area contributed by atoms with E-state index in [1.165, 1.54) is 24.5 Å². The predicted molar refractivity (Wildman–Crippen MR) is 284 cm³/mol. The van der Waals surface area contributed by atoms with Crippen LogP contribution in [0.4, 0.5) is 0 Å². The lowest BCUT2D eigenvalue weighted by Crippen LogP contribution is -2.68. The van der Waals surface area contributed by atoms with Gasteiger partial charge in [0.15, 0.2) is 44.0 Å². The van der Waals surface area contributed by atoms with Crippen LogP contribution in [0.5, 0.6) is 0 Å². The van der Waals surface area contributed by atoms with Crippen molar-refractivity contribution in [1.29, 1.82) is 0 Å². The normalized spacial score (nSPS) is 48.1. The Morgan fingerprint density at radius 3 is 0.815 bits per heavy atom. The molecule has 2 aromatic heterocycles. The zero-order chi connectivity index (χ0) is 66.3. The molecule has 21 aliphatic heterocycles. The fourth-order valence-electron chi connectivity index (χ4n) is 12.0. The number of aryl methyl sites for hydroxylation is 1. The van der Waals surface area contributed by atoms with Crippen molar-refractivity contribution >= 4 is 5.97 Å². The number of nitrogens with zero attached hydrogens (tertiary/aromatic N) is 2. The third-order valence-corrected chi connectivity index (χ3v) is 17.2. The number of pyridine rings is 2. The minimum atomic E-state index is -2.31. The van der Waals surface area contributed by atoms with E-state index in [-0.39, 0.29) is 11.3 Å². The van der Waals surface area contributed by atoms with Crippen LogP contribution in [-0.4, -0.2) is 379 Å². The van der Waals surface area contributed by atoms with Crippen LogP contribution < -0.4 is 0 Å². The molecule has 14 bridgehead atoms. The SMILES string of the molecule is Cc1ccnc(-c2cc(C(=O)OC[C@H]3O[C@@H]4O[C@H]5[C@H](O)[C@@H](O)[C@@H](O[C@H]6[C@H](O)[C@@H](O)[C@@H](O[C@H]7[C@H](O)[C@@H](O)[C@@H](O[C@H]8[C@H](O)[C@@H](O)[C@@H](O[C@H]9[C@H](O)C(O)[C@@H](O[C@H]%10[C@H](O)C(O)[C@@H](O[C@H]3[C@H](O)[C@H]4O)O[C@@H]%10CO)O[C@@H]9CO)O[C@@H]8CO)O[C@@H]7CO)O[C@@H]6CO)O[C@@H]5CO)ccn2)c1. The monoisotopic (exact) mass is 1330 g/mol. The third kappa shape index (κ3) is 14.4. The Balaban J connectivity index is 0.949. The average Bonchev–Trinajstić information content (AvgIpc) is 0.797. The van der Waals surface area contributed by atoms with Gasteiger partial charge in [0.1, 0.15) is 178 Å². The highest BCUT2D eigenvalue weighted by atomic mass is 16.8. The summed E-state index contributed by atoms with van der Waals surface area (Å²) < 4.78 is 86.8. The van der Waals surface area contributed by atoms with Gasteiger partial charge in [-0.1, -0.05) is 0 Å². The van der Waals surface area contributed by atoms with Gasteiger partial charge in [-0.15, -0.1) is 0 Å². The van der Waals surface area contributed by atoms with E-state index in [1.807, 2.05) is 0 Å². The number of hydrogen-bond donors (Lipinski definition) is 20. The number of aliphatic hydroxyl groups is 20. The van der Waals surface area contributed by atoms with E-state index in [0.29, 0.717) is 5.69 Å². The maximum absolute atomic E-state index is 13.8. The molecule has 21 aliphatic rings. The second-order valence-electron chi connectivity index (χ2n) is 23.2. The van der Waals surface area contributed by atoms with Crippen LogP contribution >= 0.6 is 0 Å². The number of ether oxygens (including phenoxy) is 15. The van der Waals surface area contributed by atoms with Crippen LogP contribution in [0.2, 0.25) is 0 Å². The van der Waals surface area contributed by atoms with Crippen molar-refractivity contribution in [2.45, 2.75) is 222 Å². The first-order chi connectivity index (χ1) is 43.9. The summed E-state index contributed by atoms with van der Waals surface area (Å²) in [5, 5.41) is 225. The largest absolute Gasteiger partial charge is 0.459 e. The van der Waals surface area contributed by atoms with Gasteiger partial charge >= 0.3 is 5.97 Å². The number of aromatic nitrogens is 2. The van der Waals surface area contributed by atoms with E-state index in [4.69, 9.17) is 71.1 Å². The van der Waals surface area contributed by atoms with Gasteiger partial charge in [0.05, 0.1) is 56.6 Å². The summed E-state index contributed by atoms with van der Waals surface area (Å²) in [6.07, 6.45) is -69.5. The van der Waals surface area contributed by atoms with E-state index >= 15 is 0 Å². The Morgan fingerprint density at radius 2 is 0.565 bits per heavy atom. The maximum Gasteiger partial charge on any atom is 0.338 e. The number of hydrogen-bond acceptors (Lipinski definition) is 38. The van der Waals surface area contributed by atoms with E-state index in [2.05, 4.69) is 9.97 Å². The molecule has 21 saturated heterocycles. The highest BCUT2D eigenvalue weighted by Crippen LogP contribution is 2.39. The number of esters is 1. The van der Waals surface area contributed by atoms with E-state index in [1.54, 1.807) is 19.1 Å². The number of rotatable bonds is 10. The molecule has 0 saturated carbocycles. The lowest BCUT2D eigenvalue weighted by molar-refractivity contribution is -0.396. The van der Waals surface area contributed by atoms with Crippen molar-refractivity contribution in [2.24, 2.45) is 0 Å². The summed E-state index contributed by atoms with van der Waals surface area (Å²) in [6, 6.07) is 6.05. The predicted octanol–water partition coefficient (Wildman–Crippen LogP) is -12.6. The van der Waals surface area contributed by atoms with Crippen molar-refractivity contribution in [3.63, 3.8) is 0 Å². The standard InChI is InChI=1S/C54H78N2O36/c1-15-2-4-55-17(6-15)18-7-16(3-5-56-18)47(77)78-14-25-46-32(69)39(76)54(85-25)91-45-24(13-62)83-52(37(74)30(45)67)89-43-22(11-60)81-50(35(72)28(43)65)87-41-20(9-58)79-48(33(70)26(41)63)86-40-19(8-57)80-49(34(71)27(40)64)88-42-21(10-59)82-51(36(73)29(42)66)90-44-23(12-61)84-53(92-46)38(75)31(44)68/h2-7,19-46,48-54,57-76H,8-14H2,1H3/t19-,20-,21-,22-,23-,24-,25-,26-,27-,28-,29-,30-,31-,32-,33-,34-,35-,36?,37-,38?,39-,40-,41-,42-,43-,44-,45-,46-,48-,49-,50-,51-,52-,53-,54-/m1/s1. The highest BCUT2D eigenvalue weighted by molar-refractivity contribution is 5.90. The molecule has 38 heteroatoms. The first kappa shape index (κ1) is 71.2. The number of carbonyl (C=O) groups excluding carboxylic acids is 1. The fourth-order valence-corrected chi connectivity index (χ4v) is 12.0. The molecule has 35 atom stereocenters. The molecule has 520 valence electrons.